The number of aliphatic hydroxyl groups excluding tert-OH is 1. The molecule has 2 aliphatic rings. The Morgan fingerprint density at radius 3 is 2.81 bits per heavy atom. The van der Waals surface area contributed by atoms with Crippen molar-refractivity contribution in [1.82, 2.24) is 15.0 Å². The maximum atomic E-state index is 11.8. The number of nitrogens with zero attached hydrogens (tertiary/aromatic N) is 3. The zero-order valence-corrected chi connectivity index (χ0v) is 18.3. The van der Waals surface area contributed by atoms with Gasteiger partial charge in [-0.25, -0.2) is 4.98 Å². The fraction of sp³-hybridized carbons (Fsp3) is 0.542. The molecule has 2 aromatic heterocycles. The maximum absolute atomic E-state index is 11.8. The first-order chi connectivity index (χ1) is 15.6. The fourth-order valence-electron chi connectivity index (χ4n) is 4.56. The quantitative estimate of drug-likeness (QED) is 0.458. The number of carboxylic acid groups (broad SMARTS) is 1. The molecule has 0 spiro atoms. The molecule has 1 aliphatic heterocycles. The molecule has 2 aromatic rings. The van der Waals surface area contributed by atoms with Crippen molar-refractivity contribution in [3.05, 3.63) is 53.5 Å². The minimum atomic E-state index is -0.969. The van der Waals surface area contributed by atoms with Crippen LogP contribution < -0.4 is 5.32 Å². The topological polar surface area (TPSA) is 108 Å². The van der Waals surface area contributed by atoms with Crippen molar-refractivity contribution in [2.24, 2.45) is 5.92 Å². The highest BCUT2D eigenvalue weighted by atomic mass is 16.7. The number of aliphatic hydroxyl groups is 1. The van der Waals surface area contributed by atoms with Gasteiger partial charge in [0.05, 0.1) is 6.61 Å². The third-order valence-corrected chi connectivity index (χ3v) is 6.46. The SMILES string of the molecule is O=C(O)[C@H](CCO)N(OCc1ccncc1)C1CC(CCc2ccc3c(n2)NCCC3)C1. The lowest BCUT2D eigenvalue weighted by molar-refractivity contribution is -0.246. The lowest BCUT2D eigenvalue weighted by Gasteiger charge is -2.44. The van der Waals surface area contributed by atoms with Gasteiger partial charge in [-0.3, -0.25) is 14.6 Å². The van der Waals surface area contributed by atoms with Crippen molar-refractivity contribution in [2.75, 3.05) is 18.5 Å². The van der Waals surface area contributed by atoms with Crippen LogP contribution in [0.5, 0.6) is 0 Å². The number of aliphatic carboxylic acids is 1. The van der Waals surface area contributed by atoms with E-state index in [1.165, 1.54) is 5.56 Å². The summed E-state index contributed by atoms with van der Waals surface area (Å²) in [5.41, 5.74) is 3.34. The Hall–Kier alpha value is -2.55. The van der Waals surface area contributed by atoms with E-state index in [2.05, 4.69) is 22.4 Å². The lowest BCUT2D eigenvalue weighted by atomic mass is 9.76. The minimum absolute atomic E-state index is 0.0349. The van der Waals surface area contributed by atoms with Gasteiger partial charge in [-0.15, -0.1) is 0 Å². The first-order valence-corrected chi connectivity index (χ1v) is 11.5. The van der Waals surface area contributed by atoms with E-state index in [0.29, 0.717) is 5.92 Å². The Morgan fingerprint density at radius 1 is 1.25 bits per heavy atom. The summed E-state index contributed by atoms with van der Waals surface area (Å²) in [5.74, 6) is 0.577. The van der Waals surface area contributed by atoms with Crippen molar-refractivity contribution in [3.63, 3.8) is 0 Å². The molecular formula is C24H32N4O4. The summed E-state index contributed by atoms with van der Waals surface area (Å²) in [6.45, 7) is 1.08. The van der Waals surface area contributed by atoms with Gasteiger partial charge < -0.3 is 15.5 Å². The van der Waals surface area contributed by atoms with E-state index in [4.69, 9.17) is 9.82 Å². The number of hydroxylamine groups is 2. The van der Waals surface area contributed by atoms with Crippen molar-refractivity contribution in [1.29, 1.82) is 0 Å². The number of fused-ring (bicyclic) bond motifs is 1. The normalized spacial score (nSPS) is 20.8. The summed E-state index contributed by atoms with van der Waals surface area (Å²) in [4.78, 5) is 26.6. The van der Waals surface area contributed by atoms with E-state index in [-0.39, 0.29) is 25.7 Å². The highest BCUT2D eigenvalue weighted by molar-refractivity contribution is 5.73. The number of aryl methyl sites for hydroxylation is 2. The third-order valence-electron chi connectivity index (χ3n) is 6.46. The predicted molar refractivity (Wildman–Crippen MR) is 120 cm³/mol. The van der Waals surface area contributed by atoms with E-state index in [1.807, 2.05) is 12.1 Å². The van der Waals surface area contributed by atoms with Gasteiger partial charge in [0.1, 0.15) is 11.9 Å². The molecule has 4 rings (SSSR count). The average molecular weight is 441 g/mol. The van der Waals surface area contributed by atoms with Gasteiger partial charge >= 0.3 is 5.97 Å². The Kier molecular flexibility index (Phi) is 7.68. The Labute approximate surface area is 188 Å². The molecule has 8 nitrogen and oxygen atoms in total. The van der Waals surface area contributed by atoms with Crippen molar-refractivity contribution in [3.8, 4) is 0 Å². The Bertz CT molecular complexity index is 889. The number of hydrogen-bond acceptors (Lipinski definition) is 7. The molecule has 32 heavy (non-hydrogen) atoms. The van der Waals surface area contributed by atoms with E-state index in [1.54, 1.807) is 17.5 Å². The molecule has 1 atom stereocenters. The van der Waals surface area contributed by atoms with Crippen LogP contribution in [0.2, 0.25) is 0 Å². The standard InChI is InChI=1S/C24H32N4O4/c29-13-9-22(24(30)31)28(32-16-17-7-11-25-12-8-17)21-14-18(15-21)3-5-20-6-4-19-2-1-10-26-23(19)27-20/h4,6-8,11-12,18,21-22,29H,1-3,5,9-10,13-16H2,(H,26,27)(H,30,31)/t18?,21?,22-/m0/s1. The van der Waals surface area contributed by atoms with Crippen LogP contribution in [0, 0.1) is 5.92 Å². The molecule has 1 aliphatic carbocycles. The van der Waals surface area contributed by atoms with Crippen LogP contribution in [0.3, 0.4) is 0 Å². The molecular weight excluding hydrogens is 408 g/mol. The van der Waals surface area contributed by atoms with E-state index < -0.39 is 12.0 Å². The minimum Gasteiger partial charge on any atom is -0.480 e. The zero-order chi connectivity index (χ0) is 22.3. The Balaban J connectivity index is 1.32. The summed E-state index contributed by atoms with van der Waals surface area (Å²) in [7, 11) is 0. The second-order valence-electron chi connectivity index (χ2n) is 8.73. The van der Waals surface area contributed by atoms with Crippen LogP contribution in [0.1, 0.15) is 48.9 Å². The Morgan fingerprint density at radius 2 is 2.06 bits per heavy atom. The molecule has 0 saturated heterocycles. The van der Waals surface area contributed by atoms with Crippen LogP contribution in [-0.4, -0.2) is 56.4 Å². The average Bonchev–Trinajstić information content (AvgIpc) is 2.79. The number of rotatable bonds is 11. The first kappa shape index (κ1) is 22.6. The monoisotopic (exact) mass is 440 g/mol. The van der Waals surface area contributed by atoms with Gasteiger partial charge in [0.15, 0.2) is 0 Å². The number of pyridine rings is 2. The molecule has 1 saturated carbocycles. The molecule has 0 unspecified atom stereocenters. The van der Waals surface area contributed by atoms with Gasteiger partial charge in [-0.05, 0) is 80.2 Å². The number of nitrogens with one attached hydrogen (secondary N) is 1. The molecule has 3 N–H and O–H groups in total. The van der Waals surface area contributed by atoms with Gasteiger partial charge in [0.2, 0.25) is 0 Å². The summed E-state index contributed by atoms with van der Waals surface area (Å²) < 4.78 is 0. The summed E-state index contributed by atoms with van der Waals surface area (Å²) in [6.07, 6.45) is 9.48. The van der Waals surface area contributed by atoms with Crippen molar-refractivity contribution in [2.45, 2.75) is 63.6 Å². The lowest BCUT2D eigenvalue weighted by Crippen LogP contribution is -2.52. The molecule has 172 valence electrons. The third kappa shape index (κ3) is 5.62. The van der Waals surface area contributed by atoms with Crippen LogP contribution >= 0.6 is 0 Å². The molecule has 0 amide bonds. The van der Waals surface area contributed by atoms with Crippen molar-refractivity contribution < 1.29 is 19.8 Å². The molecule has 0 radical (unpaired) electrons. The van der Waals surface area contributed by atoms with E-state index in [9.17, 15) is 15.0 Å². The number of hydrogen-bond donors (Lipinski definition) is 3. The number of anilines is 1. The highest BCUT2D eigenvalue weighted by Crippen LogP contribution is 2.37. The smallest absolute Gasteiger partial charge is 0.323 e. The van der Waals surface area contributed by atoms with Gasteiger partial charge in [-0.2, -0.15) is 5.06 Å². The molecule has 0 aromatic carbocycles. The van der Waals surface area contributed by atoms with Crippen LogP contribution in [-0.2, 0) is 29.1 Å². The van der Waals surface area contributed by atoms with Gasteiger partial charge in [-0.1, -0.05) is 6.07 Å². The summed E-state index contributed by atoms with van der Waals surface area (Å²) in [5, 5.41) is 24.1. The molecule has 1 fully saturated rings. The fourth-order valence-corrected chi connectivity index (χ4v) is 4.56. The molecule has 8 heteroatoms. The van der Waals surface area contributed by atoms with Gasteiger partial charge in [0, 0.05) is 37.3 Å². The first-order valence-electron chi connectivity index (χ1n) is 11.5. The number of carboxylic acids is 1. The summed E-state index contributed by atoms with van der Waals surface area (Å²) >= 11 is 0. The maximum Gasteiger partial charge on any atom is 0.323 e. The zero-order valence-electron chi connectivity index (χ0n) is 18.3. The number of carbonyl (C=O) groups is 1. The predicted octanol–water partition coefficient (Wildman–Crippen LogP) is 2.82. The molecule has 3 heterocycles. The van der Waals surface area contributed by atoms with E-state index in [0.717, 1.165) is 62.1 Å². The number of aromatic nitrogens is 2. The van der Waals surface area contributed by atoms with Crippen LogP contribution in [0.15, 0.2) is 36.7 Å². The van der Waals surface area contributed by atoms with Crippen LogP contribution in [0.4, 0.5) is 5.82 Å². The summed E-state index contributed by atoms with van der Waals surface area (Å²) in [6, 6.07) is 7.20. The molecule has 0 bridgehead atoms. The second-order valence-corrected chi connectivity index (χ2v) is 8.73. The van der Waals surface area contributed by atoms with Crippen LogP contribution in [0.25, 0.3) is 0 Å². The highest BCUT2D eigenvalue weighted by Gasteiger charge is 2.40. The second kappa shape index (κ2) is 10.8. The van der Waals surface area contributed by atoms with Gasteiger partial charge in [0.25, 0.3) is 0 Å². The van der Waals surface area contributed by atoms with Crippen molar-refractivity contribution >= 4 is 11.8 Å². The largest absolute Gasteiger partial charge is 0.480 e. The van der Waals surface area contributed by atoms with E-state index >= 15 is 0 Å².